The number of nitrogens with one attached hydrogen (secondary N) is 1. The zero-order valence-corrected chi connectivity index (χ0v) is 18.0. The van der Waals surface area contributed by atoms with Gasteiger partial charge in [0.25, 0.3) is 10.0 Å². The lowest BCUT2D eigenvalue weighted by molar-refractivity contribution is -0.119. The van der Waals surface area contributed by atoms with Gasteiger partial charge in [-0.15, -0.1) is 0 Å². The number of aromatic nitrogens is 1. The predicted octanol–water partition coefficient (Wildman–Crippen LogP) is 3.60. The average molecular weight is 444 g/mol. The lowest BCUT2D eigenvalue weighted by Crippen LogP contribution is -2.41. The first-order valence-corrected chi connectivity index (χ1v) is 11.2. The summed E-state index contributed by atoms with van der Waals surface area (Å²) in [6.45, 7) is 1.96. The van der Waals surface area contributed by atoms with Crippen LogP contribution in [0.2, 0.25) is 5.02 Å². The fraction of sp³-hybridized carbons (Fsp3) is 0.182. The molecule has 1 N–H and O–H groups in total. The van der Waals surface area contributed by atoms with Gasteiger partial charge in [0.2, 0.25) is 5.91 Å². The van der Waals surface area contributed by atoms with Crippen LogP contribution in [0.25, 0.3) is 0 Å². The molecule has 0 bridgehead atoms. The van der Waals surface area contributed by atoms with Crippen LogP contribution in [-0.4, -0.2) is 32.4 Å². The Balaban J connectivity index is 1.74. The maximum Gasteiger partial charge on any atom is 0.266 e. The van der Waals surface area contributed by atoms with Gasteiger partial charge in [-0.1, -0.05) is 41.4 Å². The minimum atomic E-state index is -3.95. The molecule has 0 aliphatic rings. The van der Waals surface area contributed by atoms with Crippen molar-refractivity contribution in [1.82, 2.24) is 10.3 Å². The van der Waals surface area contributed by atoms with E-state index in [0.717, 1.165) is 15.4 Å². The van der Waals surface area contributed by atoms with Gasteiger partial charge in [-0.3, -0.25) is 14.1 Å². The number of benzene rings is 2. The van der Waals surface area contributed by atoms with Gasteiger partial charge in [0.05, 0.1) is 5.69 Å². The SMILES string of the molecule is Cc1ccc(N(CC(=O)NCCc2ccc(Cl)cc2)S(=O)(=O)c2cccnc2)cc1. The number of rotatable bonds is 8. The molecular formula is C22H22ClN3O3S. The molecule has 0 atom stereocenters. The molecule has 3 rings (SSSR count). The summed E-state index contributed by atoms with van der Waals surface area (Å²) < 4.78 is 27.4. The fourth-order valence-corrected chi connectivity index (χ4v) is 4.35. The molecule has 0 unspecified atom stereocenters. The molecule has 2 aromatic carbocycles. The van der Waals surface area contributed by atoms with E-state index < -0.39 is 15.9 Å². The summed E-state index contributed by atoms with van der Waals surface area (Å²) in [5.74, 6) is -0.392. The lowest BCUT2D eigenvalue weighted by Gasteiger charge is -2.24. The van der Waals surface area contributed by atoms with Crippen molar-refractivity contribution in [2.75, 3.05) is 17.4 Å². The van der Waals surface area contributed by atoms with E-state index in [1.165, 1.54) is 18.5 Å². The van der Waals surface area contributed by atoms with E-state index in [0.29, 0.717) is 23.7 Å². The molecule has 8 heteroatoms. The number of halogens is 1. The smallest absolute Gasteiger partial charge is 0.266 e. The molecule has 0 saturated heterocycles. The Kier molecular flexibility index (Phi) is 7.07. The maximum atomic E-state index is 13.2. The number of hydrogen-bond acceptors (Lipinski definition) is 4. The summed E-state index contributed by atoms with van der Waals surface area (Å²) in [6, 6.07) is 17.3. The number of nitrogens with zero attached hydrogens (tertiary/aromatic N) is 2. The van der Waals surface area contributed by atoms with Crippen LogP contribution in [0.15, 0.2) is 78.0 Å². The van der Waals surface area contributed by atoms with Gasteiger partial charge >= 0.3 is 0 Å². The van der Waals surface area contributed by atoms with Crippen molar-refractivity contribution < 1.29 is 13.2 Å². The highest BCUT2D eigenvalue weighted by Gasteiger charge is 2.27. The number of carbonyl (C=O) groups is 1. The van der Waals surface area contributed by atoms with E-state index >= 15 is 0 Å². The highest BCUT2D eigenvalue weighted by molar-refractivity contribution is 7.92. The zero-order chi connectivity index (χ0) is 21.6. The normalized spacial score (nSPS) is 11.1. The minimum Gasteiger partial charge on any atom is -0.354 e. The second-order valence-electron chi connectivity index (χ2n) is 6.76. The van der Waals surface area contributed by atoms with E-state index in [-0.39, 0.29) is 11.4 Å². The first kappa shape index (κ1) is 21.8. The molecule has 3 aromatic rings. The third kappa shape index (κ3) is 5.58. The second kappa shape index (κ2) is 9.73. The monoisotopic (exact) mass is 443 g/mol. The summed E-state index contributed by atoms with van der Waals surface area (Å²) in [7, 11) is -3.95. The third-order valence-corrected chi connectivity index (χ3v) is 6.49. The number of aryl methyl sites for hydroxylation is 1. The summed E-state index contributed by atoms with van der Waals surface area (Å²) in [5.41, 5.74) is 2.43. The molecule has 30 heavy (non-hydrogen) atoms. The second-order valence-corrected chi connectivity index (χ2v) is 9.06. The van der Waals surface area contributed by atoms with Crippen LogP contribution < -0.4 is 9.62 Å². The van der Waals surface area contributed by atoms with Crippen molar-refractivity contribution in [2.45, 2.75) is 18.2 Å². The molecule has 1 aromatic heterocycles. The van der Waals surface area contributed by atoms with Gasteiger partial charge in [-0.2, -0.15) is 0 Å². The Morgan fingerprint density at radius 1 is 1.07 bits per heavy atom. The van der Waals surface area contributed by atoms with Gasteiger partial charge in [-0.05, 0) is 55.3 Å². The largest absolute Gasteiger partial charge is 0.354 e. The molecule has 0 aliphatic carbocycles. The molecular weight excluding hydrogens is 422 g/mol. The Bertz CT molecular complexity index is 1090. The molecule has 1 amide bonds. The summed E-state index contributed by atoms with van der Waals surface area (Å²) in [5, 5.41) is 3.44. The highest BCUT2D eigenvalue weighted by Crippen LogP contribution is 2.23. The zero-order valence-electron chi connectivity index (χ0n) is 16.5. The Hall–Kier alpha value is -2.90. The van der Waals surface area contributed by atoms with Crippen LogP contribution in [-0.2, 0) is 21.2 Å². The van der Waals surface area contributed by atoms with Crippen molar-refractivity contribution in [3.63, 3.8) is 0 Å². The first-order chi connectivity index (χ1) is 14.4. The van der Waals surface area contributed by atoms with Crippen molar-refractivity contribution in [3.8, 4) is 0 Å². The number of hydrogen-bond donors (Lipinski definition) is 1. The summed E-state index contributed by atoms with van der Waals surface area (Å²) in [6.07, 6.45) is 3.39. The first-order valence-electron chi connectivity index (χ1n) is 9.37. The minimum absolute atomic E-state index is 0.0274. The average Bonchev–Trinajstić information content (AvgIpc) is 2.75. The van der Waals surface area contributed by atoms with Crippen molar-refractivity contribution in [3.05, 3.63) is 89.2 Å². The van der Waals surface area contributed by atoms with E-state index in [9.17, 15) is 13.2 Å². The predicted molar refractivity (Wildman–Crippen MR) is 118 cm³/mol. The quantitative estimate of drug-likeness (QED) is 0.577. The van der Waals surface area contributed by atoms with Crippen LogP contribution >= 0.6 is 11.6 Å². The molecule has 0 saturated carbocycles. The third-order valence-electron chi connectivity index (χ3n) is 4.48. The number of carbonyl (C=O) groups excluding carboxylic acids is 1. The van der Waals surface area contributed by atoms with Crippen LogP contribution in [0.3, 0.4) is 0 Å². The number of pyridine rings is 1. The Labute approximate surface area is 181 Å². The molecule has 0 spiro atoms. The van der Waals surface area contributed by atoms with E-state index in [2.05, 4.69) is 10.3 Å². The molecule has 0 fully saturated rings. The topological polar surface area (TPSA) is 79.4 Å². The summed E-state index contributed by atoms with van der Waals surface area (Å²) in [4.78, 5) is 16.5. The lowest BCUT2D eigenvalue weighted by atomic mass is 10.1. The van der Waals surface area contributed by atoms with Gasteiger partial charge in [0, 0.05) is 24.0 Å². The van der Waals surface area contributed by atoms with Crippen molar-refractivity contribution >= 4 is 33.2 Å². The summed E-state index contributed by atoms with van der Waals surface area (Å²) >= 11 is 5.88. The van der Waals surface area contributed by atoms with E-state index in [1.54, 1.807) is 42.5 Å². The molecule has 6 nitrogen and oxygen atoms in total. The molecule has 1 heterocycles. The van der Waals surface area contributed by atoms with Crippen molar-refractivity contribution in [2.24, 2.45) is 0 Å². The number of amides is 1. The van der Waals surface area contributed by atoms with Crippen LogP contribution in [0.1, 0.15) is 11.1 Å². The van der Waals surface area contributed by atoms with Crippen molar-refractivity contribution in [1.29, 1.82) is 0 Å². The standard InChI is InChI=1S/C22H22ClN3O3S/c1-17-4-10-20(11-5-17)26(30(28,29)21-3-2-13-24-15-21)16-22(27)25-14-12-18-6-8-19(23)9-7-18/h2-11,13,15H,12,14,16H2,1H3,(H,25,27). The van der Waals surface area contributed by atoms with Gasteiger partial charge in [0.1, 0.15) is 11.4 Å². The fourth-order valence-electron chi connectivity index (χ4n) is 2.84. The van der Waals surface area contributed by atoms with Crippen LogP contribution in [0.5, 0.6) is 0 Å². The maximum absolute atomic E-state index is 13.2. The number of sulfonamides is 1. The Morgan fingerprint density at radius 3 is 2.40 bits per heavy atom. The Morgan fingerprint density at radius 2 is 1.77 bits per heavy atom. The van der Waals surface area contributed by atoms with Crippen LogP contribution in [0.4, 0.5) is 5.69 Å². The van der Waals surface area contributed by atoms with E-state index in [4.69, 9.17) is 11.6 Å². The van der Waals surface area contributed by atoms with Crippen LogP contribution in [0, 0.1) is 6.92 Å². The van der Waals surface area contributed by atoms with Gasteiger partial charge in [0.15, 0.2) is 0 Å². The van der Waals surface area contributed by atoms with E-state index in [1.807, 2.05) is 19.1 Å². The van der Waals surface area contributed by atoms with Gasteiger partial charge in [-0.25, -0.2) is 8.42 Å². The number of anilines is 1. The molecule has 0 aliphatic heterocycles. The van der Waals surface area contributed by atoms with Gasteiger partial charge < -0.3 is 5.32 Å². The molecule has 156 valence electrons. The highest BCUT2D eigenvalue weighted by atomic mass is 35.5. The molecule has 0 radical (unpaired) electrons.